The average molecular weight is 490 g/mol. The third-order valence-corrected chi connectivity index (χ3v) is 4.89. The zero-order chi connectivity index (χ0) is 19.4. The molecule has 1 aliphatic rings. The van der Waals surface area contributed by atoms with Gasteiger partial charge in [0.15, 0.2) is 0 Å². The highest BCUT2D eigenvalue weighted by atomic mass is 79.9. The van der Waals surface area contributed by atoms with E-state index in [9.17, 15) is 9.59 Å². The number of ether oxygens (including phenoxy) is 2. The fourth-order valence-electron chi connectivity index (χ4n) is 2.69. The standard InChI is InChI=1S/C18H22Br2N2O4/c1-5-13-14(17(23)26-9(3)4)15(22-18(24)21-13)10-7-11(19)16(25-6-2)12(20)8-10/h7-9,15H,5-6H2,1-4H3,(H2,21,22,24). The second-order valence-corrected chi connectivity index (χ2v) is 7.69. The fraction of sp³-hybridized carbons (Fsp3) is 0.444. The molecule has 142 valence electrons. The normalized spacial score (nSPS) is 17.0. The molecule has 2 N–H and O–H groups in total. The molecule has 1 atom stereocenters. The van der Waals surface area contributed by atoms with E-state index in [1.165, 1.54) is 0 Å². The molecule has 0 bridgehead atoms. The van der Waals surface area contributed by atoms with Crippen molar-refractivity contribution in [3.05, 3.63) is 37.9 Å². The Morgan fingerprint density at radius 2 is 1.85 bits per heavy atom. The molecule has 1 unspecified atom stereocenters. The number of rotatable bonds is 6. The molecular formula is C18H22Br2N2O4. The van der Waals surface area contributed by atoms with Crippen molar-refractivity contribution in [3.8, 4) is 5.75 Å². The largest absolute Gasteiger partial charge is 0.492 e. The van der Waals surface area contributed by atoms with Crippen molar-refractivity contribution < 1.29 is 19.1 Å². The lowest BCUT2D eigenvalue weighted by atomic mass is 9.94. The number of carbonyl (C=O) groups is 2. The second kappa shape index (κ2) is 8.90. The van der Waals surface area contributed by atoms with E-state index < -0.39 is 12.0 Å². The molecule has 6 nitrogen and oxygen atoms in total. The fourth-order valence-corrected chi connectivity index (χ4v) is 4.14. The Morgan fingerprint density at radius 3 is 2.35 bits per heavy atom. The molecule has 1 aromatic rings. The van der Waals surface area contributed by atoms with Crippen LogP contribution in [-0.2, 0) is 9.53 Å². The van der Waals surface area contributed by atoms with Gasteiger partial charge in [-0.15, -0.1) is 0 Å². The minimum absolute atomic E-state index is 0.259. The van der Waals surface area contributed by atoms with Gasteiger partial charge >= 0.3 is 12.0 Å². The van der Waals surface area contributed by atoms with Crippen molar-refractivity contribution in [1.29, 1.82) is 0 Å². The van der Waals surface area contributed by atoms with E-state index in [4.69, 9.17) is 9.47 Å². The molecule has 1 aromatic carbocycles. The Labute approximate surface area is 170 Å². The van der Waals surface area contributed by atoms with Crippen molar-refractivity contribution in [3.63, 3.8) is 0 Å². The van der Waals surface area contributed by atoms with E-state index in [2.05, 4.69) is 42.5 Å². The number of benzene rings is 1. The third-order valence-electron chi connectivity index (χ3n) is 3.71. The minimum Gasteiger partial charge on any atom is -0.492 e. The zero-order valence-corrected chi connectivity index (χ0v) is 18.3. The smallest absolute Gasteiger partial charge is 0.338 e. The first-order chi connectivity index (χ1) is 12.3. The van der Waals surface area contributed by atoms with Gasteiger partial charge in [-0.25, -0.2) is 9.59 Å². The van der Waals surface area contributed by atoms with E-state index in [-0.39, 0.29) is 12.1 Å². The van der Waals surface area contributed by atoms with Gasteiger partial charge in [0.2, 0.25) is 0 Å². The summed E-state index contributed by atoms with van der Waals surface area (Å²) in [6.45, 7) is 7.88. The summed E-state index contributed by atoms with van der Waals surface area (Å²) in [5, 5.41) is 5.53. The van der Waals surface area contributed by atoms with Crippen LogP contribution >= 0.6 is 31.9 Å². The maximum atomic E-state index is 12.7. The molecule has 0 saturated carbocycles. The first-order valence-corrected chi connectivity index (χ1v) is 10.00. The summed E-state index contributed by atoms with van der Waals surface area (Å²) in [7, 11) is 0. The molecule has 0 aliphatic carbocycles. The van der Waals surface area contributed by atoms with E-state index in [0.29, 0.717) is 30.0 Å². The molecule has 0 spiro atoms. The first-order valence-electron chi connectivity index (χ1n) is 8.41. The maximum Gasteiger partial charge on any atom is 0.338 e. The molecule has 0 aromatic heterocycles. The molecule has 0 radical (unpaired) electrons. The van der Waals surface area contributed by atoms with Gasteiger partial charge < -0.3 is 20.1 Å². The molecular weight excluding hydrogens is 468 g/mol. The van der Waals surface area contributed by atoms with Crippen LogP contribution in [0.3, 0.4) is 0 Å². The lowest BCUT2D eigenvalue weighted by Crippen LogP contribution is -2.46. The van der Waals surface area contributed by atoms with Gasteiger partial charge in [0.05, 0.1) is 33.3 Å². The number of urea groups is 1. The quantitative estimate of drug-likeness (QED) is 0.573. The summed E-state index contributed by atoms with van der Waals surface area (Å²) in [6, 6.07) is 2.70. The van der Waals surface area contributed by atoms with Gasteiger partial charge in [0, 0.05) is 5.70 Å². The molecule has 1 heterocycles. The second-order valence-electron chi connectivity index (χ2n) is 5.98. The Bertz CT molecular complexity index is 724. The number of hydrogen-bond donors (Lipinski definition) is 2. The number of carbonyl (C=O) groups excluding carboxylic acids is 2. The van der Waals surface area contributed by atoms with E-state index in [0.717, 1.165) is 14.5 Å². The predicted molar refractivity (Wildman–Crippen MR) is 106 cm³/mol. The summed E-state index contributed by atoms with van der Waals surface area (Å²) in [5.41, 5.74) is 1.71. The molecule has 26 heavy (non-hydrogen) atoms. The number of nitrogens with one attached hydrogen (secondary N) is 2. The lowest BCUT2D eigenvalue weighted by molar-refractivity contribution is -0.143. The van der Waals surface area contributed by atoms with Gasteiger partial charge in [0.1, 0.15) is 5.75 Å². The van der Waals surface area contributed by atoms with Crippen LogP contribution in [0.5, 0.6) is 5.75 Å². The molecule has 0 saturated heterocycles. The number of hydrogen-bond acceptors (Lipinski definition) is 4. The van der Waals surface area contributed by atoms with Crippen LogP contribution in [0, 0.1) is 0 Å². The van der Waals surface area contributed by atoms with E-state index in [1.807, 2.05) is 26.0 Å². The van der Waals surface area contributed by atoms with Gasteiger partial charge in [-0.3, -0.25) is 0 Å². The van der Waals surface area contributed by atoms with Crippen LogP contribution in [0.1, 0.15) is 45.7 Å². The van der Waals surface area contributed by atoms with Gasteiger partial charge in [-0.05, 0) is 76.7 Å². The SMILES string of the molecule is CCOc1c(Br)cc(C2NC(=O)NC(CC)=C2C(=O)OC(C)C)cc1Br. The molecule has 8 heteroatoms. The minimum atomic E-state index is -0.617. The van der Waals surface area contributed by atoms with Crippen LogP contribution in [0.2, 0.25) is 0 Å². The Hall–Kier alpha value is -1.54. The number of halogens is 2. The lowest BCUT2D eigenvalue weighted by Gasteiger charge is -2.30. The van der Waals surface area contributed by atoms with Crippen LogP contribution < -0.4 is 15.4 Å². The summed E-state index contributed by atoms with van der Waals surface area (Å²) in [5.74, 6) is 0.220. The number of amides is 2. The van der Waals surface area contributed by atoms with Gasteiger partial charge in [-0.2, -0.15) is 0 Å². The van der Waals surface area contributed by atoms with Crippen molar-refractivity contribution in [2.75, 3.05) is 6.61 Å². The van der Waals surface area contributed by atoms with E-state index >= 15 is 0 Å². The summed E-state index contributed by atoms with van der Waals surface area (Å²) in [4.78, 5) is 24.8. The first kappa shape index (κ1) is 20.8. The van der Waals surface area contributed by atoms with Crippen molar-refractivity contribution in [2.24, 2.45) is 0 Å². The van der Waals surface area contributed by atoms with Crippen LogP contribution in [-0.4, -0.2) is 24.7 Å². The Kier molecular flexibility index (Phi) is 7.11. The zero-order valence-electron chi connectivity index (χ0n) is 15.1. The van der Waals surface area contributed by atoms with Gasteiger partial charge in [0.25, 0.3) is 0 Å². The van der Waals surface area contributed by atoms with Crippen LogP contribution in [0.4, 0.5) is 4.79 Å². The molecule has 2 amide bonds. The van der Waals surface area contributed by atoms with Gasteiger partial charge in [-0.1, -0.05) is 6.92 Å². The highest BCUT2D eigenvalue weighted by Crippen LogP contribution is 2.39. The molecule has 1 aliphatic heterocycles. The molecule has 0 fully saturated rings. The predicted octanol–water partition coefficient (Wildman–Crippen LogP) is 4.58. The maximum absolute atomic E-state index is 12.7. The Morgan fingerprint density at radius 1 is 1.23 bits per heavy atom. The third kappa shape index (κ3) is 4.59. The number of allylic oxidation sites excluding steroid dienone is 1. The van der Waals surface area contributed by atoms with E-state index in [1.54, 1.807) is 13.8 Å². The molecule has 2 rings (SSSR count). The average Bonchev–Trinajstić information content (AvgIpc) is 2.56. The number of esters is 1. The van der Waals surface area contributed by atoms with Crippen molar-refractivity contribution >= 4 is 43.9 Å². The highest BCUT2D eigenvalue weighted by Gasteiger charge is 2.34. The monoisotopic (exact) mass is 488 g/mol. The van der Waals surface area contributed by atoms with Crippen molar-refractivity contribution in [1.82, 2.24) is 10.6 Å². The summed E-state index contributed by atoms with van der Waals surface area (Å²) in [6.07, 6.45) is 0.247. The topological polar surface area (TPSA) is 76.7 Å². The highest BCUT2D eigenvalue weighted by molar-refractivity contribution is 9.11. The van der Waals surface area contributed by atoms with Crippen molar-refractivity contribution in [2.45, 2.75) is 46.3 Å². The van der Waals surface area contributed by atoms with Crippen LogP contribution in [0.15, 0.2) is 32.3 Å². The Balaban J connectivity index is 2.53. The summed E-state index contributed by atoms with van der Waals surface area (Å²) >= 11 is 6.99. The van der Waals surface area contributed by atoms with Crippen LogP contribution in [0.25, 0.3) is 0 Å². The summed E-state index contributed by atoms with van der Waals surface area (Å²) < 4.78 is 12.5.